The fourth-order valence-electron chi connectivity index (χ4n) is 1.79. The average Bonchev–Trinajstić information content (AvgIpc) is 2.93. The largest absolute Gasteiger partial charge is 0.309 e. The summed E-state index contributed by atoms with van der Waals surface area (Å²) < 4.78 is 1.18. The van der Waals surface area contributed by atoms with Crippen LogP contribution in [0.15, 0.2) is 27.4 Å². The number of halogens is 2. The van der Waals surface area contributed by atoms with E-state index >= 15 is 0 Å². The third-order valence-corrected chi connectivity index (χ3v) is 5.75. The molecule has 0 aliphatic carbocycles. The summed E-state index contributed by atoms with van der Waals surface area (Å²) in [5.41, 5.74) is 0. The van der Waals surface area contributed by atoms with Crippen molar-refractivity contribution in [2.75, 3.05) is 6.54 Å². The number of hydrogen-bond acceptors (Lipinski definition) is 3. The van der Waals surface area contributed by atoms with Gasteiger partial charge in [0, 0.05) is 22.2 Å². The van der Waals surface area contributed by atoms with E-state index in [0.717, 1.165) is 24.4 Å². The molecule has 2 aromatic heterocycles. The number of hydrogen-bond donors (Lipinski definition) is 1. The molecular weight excluding hydrogens is 350 g/mol. The first-order chi connectivity index (χ1) is 8.70. The van der Waals surface area contributed by atoms with Gasteiger partial charge in [0.1, 0.15) is 0 Å². The summed E-state index contributed by atoms with van der Waals surface area (Å²) >= 11 is 13.3. The minimum absolute atomic E-state index is 0.322. The van der Waals surface area contributed by atoms with E-state index in [2.05, 4.69) is 45.7 Å². The number of nitrogens with one attached hydrogen (secondary N) is 1. The van der Waals surface area contributed by atoms with Crippen LogP contribution in [0.25, 0.3) is 0 Å². The maximum absolute atomic E-state index is 6.25. The van der Waals surface area contributed by atoms with Crippen molar-refractivity contribution in [1.82, 2.24) is 5.32 Å². The van der Waals surface area contributed by atoms with Crippen LogP contribution in [0, 0.1) is 0 Å². The van der Waals surface area contributed by atoms with Crippen molar-refractivity contribution in [2.24, 2.45) is 0 Å². The first-order valence-corrected chi connectivity index (χ1v) is 8.78. The maximum atomic E-state index is 6.25. The minimum Gasteiger partial charge on any atom is -0.309 e. The standard InChI is InChI=1S/C13H15BrClNS2/c1-2-6-16-11(13-10(15)5-7-17-13)8-9-3-4-12(14)18-9/h3-5,7,11,16H,2,6,8H2,1H3. The van der Waals surface area contributed by atoms with Crippen LogP contribution in [0.5, 0.6) is 0 Å². The van der Waals surface area contributed by atoms with Gasteiger partial charge in [-0.2, -0.15) is 0 Å². The lowest BCUT2D eigenvalue weighted by atomic mass is 10.1. The molecule has 1 atom stereocenters. The Morgan fingerprint density at radius 1 is 1.39 bits per heavy atom. The SMILES string of the molecule is CCCNC(Cc1ccc(Br)s1)c1sccc1Cl. The highest BCUT2D eigenvalue weighted by Crippen LogP contribution is 2.33. The van der Waals surface area contributed by atoms with Crippen molar-refractivity contribution in [1.29, 1.82) is 0 Å². The Bertz CT molecular complexity index is 495. The second kappa shape index (κ2) is 7.06. The molecule has 1 nitrogen and oxygen atoms in total. The van der Waals surface area contributed by atoms with Crippen molar-refractivity contribution >= 4 is 50.2 Å². The van der Waals surface area contributed by atoms with Crippen molar-refractivity contribution in [3.8, 4) is 0 Å². The van der Waals surface area contributed by atoms with Gasteiger partial charge in [-0.15, -0.1) is 22.7 Å². The van der Waals surface area contributed by atoms with Gasteiger partial charge in [-0.1, -0.05) is 18.5 Å². The van der Waals surface area contributed by atoms with Gasteiger partial charge >= 0.3 is 0 Å². The van der Waals surface area contributed by atoms with Gasteiger partial charge in [-0.25, -0.2) is 0 Å². The zero-order valence-corrected chi connectivity index (χ0v) is 14.1. The molecule has 0 radical (unpaired) electrons. The lowest BCUT2D eigenvalue weighted by Gasteiger charge is -2.17. The van der Waals surface area contributed by atoms with E-state index in [0.29, 0.717) is 6.04 Å². The zero-order valence-electron chi connectivity index (χ0n) is 10.1. The second-order valence-corrected chi connectivity index (χ2v) is 7.95. The van der Waals surface area contributed by atoms with E-state index < -0.39 is 0 Å². The second-order valence-electron chi connectivity index (χ2n) is 4.05. The molecule has 0 aliphatic heterocycles. The van der Waals surface area contributed by atoms with Gasteiger partial charge < -0.3 is 5.32 Å². The van der Waals surface area contributed by atoms with Crippen molar-refractivity contribution in [3.63, 3.8) is 0 Å². The molecular formula is C13H15BrClNS2. The van der Waals surface area contributed by atoms with Crippen molar-refractivity contribution in [2.45, 2.75) is 25.8 Å². The summed E-state index contributed by atoms with van der Waals surface area (Å²) in [6.07, 6.45) is 2.13. The number of thiophene rings is 2. The van der Waals surface area contributed by atoms with E-state index in [1.807, 2.05) is 6.07 Å². The van der Waals surface area contributed by atoms with Gasteiger partial charge in [-0.05, 0) is 52.5 Å². The first kappa shape index (κ1) is 14.5. The molecule has 5 heteroatoms. The minimum atomic E-state index is 0.322. The van der Waals surface area contributed by atoms with E-state index in [-0.39, 0.29) is 0 Å². The topological polar surface area (TPSA) is 12.0 Å². The van der Waals surface area contributed by atoms with Crippen molar-refractivity contribution < 1.29 is 0 Å². The van der Waals surface area contributed by atoms with Gasteiger partial charge in [0.25, 0.3) is 0 Å². The zero-order chi connectivity index (χ0) is 13.0. The van der Waals surface area contributed by atoms with Gasteiger partial charge in [0.15, 0.2) is 0 Å². The molecule has 0 amide bonds. The molecule has 0 fully saturated rings. The molecule has 0 saturated carbocycles. The van der Waals surface area contributed by atoms with Crippen LogP contribution < -0.4 is 5.32 Å². The highest BCUT2D eigenvalue weighted by atomic mass is 79.9. The Morgan fingerprint density at radius 2 is 2.22 bits per heavy atom. The fraction of sp³-hybridized carbons (Fsp3) is 0.385. The predicted octanol–water partition coefficient (Wildman–Crippen LogP) is 5.51. The third-order valence-electron chi connectivity index (χ3n) is 2.64. The number of rotatable bonds is 6. The Balaban J connectivity index is 2.12. The summed E-state index contributed by atoms with van der Waals surface area (Å²) in [5, 5.41) is 6.52. The van der Waals surface area contributed by atoms with Crippen LogP contribution in [-0.2, 0) is 6.42 Å². The van der Waals surface area contributed by atoms with Crippen LogP contribution in [-0.4, -0.2) is 6.54 Å². The fourth-order valence-corrected chi connectivity index (χ4v) is 4.59. The van der Waals surface area contributed by atoms with E-state index in [4.69, 9.17) is 11.6 Å². The molecule has 1 unspecified atom stereocenters. The van der Waals surface area contributed by atoms with Gasteiger partial charge in [0.2, 0.25) is 0 Å². The normalized spacial score (nSPS) is 12.8. The van der Waals surface area contributed by atoms with E-state index in [1.54, 1.807) is 22.7 Å². The van der Waals surface area contributed by atoms with Crippen LogP contribution in [0.3, 0.4) is 0 Å². The third kappa shape index (κ3) is 3.81. The highest BCUT2D eigenvalue weighted by molar-refractivity contribution is 9.11. The maximum Gasteiger partial charge on any atom is 0.0701 e. The lowest BCUT2D eigenvalue weighted by molar-refractivity contribution is 0.540. The predicted molar refractivity (Wildman–Crippen MR) is 86.1 cm³/mol. The van der Waals surface area contributed by atoms with Crippen LogP contribution in [0.4, 0.5) is 0 Å². The Kier molecular flexibility index (Phi) is 5.70. The molecule has 0 aliphatic rings. The first-order valence-electron chi connectivity index (χ1n) is 5.91. The molecule has 0 spiro atoms. The van der Waals surface area contributed by atoms with Crippen molar-refractivity contribution in [3.05, 3.63) is 42.1 Å². The van der Waals surface area contributed by atoms with Gasteiger partial charge in [-0.3, -0.25) is 0 Å². The summed E-state index contributed by atoms with van der Waals surface area (Å²) in [6.45, 7) is 3.20. The Morgan fingerprint density at radius 3 is 2.78 bits per heavy atom. The molecule has 2 heterocycles. The van der Waals surface area contributed by atoms with Crippen LogP contribution in [0.2, 0.25) is 5.02 Å². The summed E-state index contributed by atoms with van der Waals surface area (Å²) in [5.74, 6) is 0. The molecule has 0 saturated heterocycles. The summed E-state index contributed by atoms with van der Waals surface area (Å²) in [6, 6.07) is 6.58. The van der Waals surface area contributed by atoms with Gasteiger partial charge in [0.05, 0.1) is 8.81 Å². The monoisotopic (exact) mass is 363 g/mol. The van der Waals surface area contributed by atoms with E-state index in [1.165, 1.54) is 13.5 Å². The highest BCUT2D eigenvalue weighted by Gasteiger charge is 2.17. The molecule has 2 rings (SSSR count). The van der Waals surface area contributed by atoms with Crippen LogP contribution in [0.1, 0.15) is 29.1 Å². The molecule has 0 bridgehead atoms. The van der Waals surface area contributed by atoms with Crippen LogP contribution >= 0.6 is 50.2 Å². The lowest BCUT2D eigenvalue weighted by Crippen LogP contribution is -2.23. The molecule has 1 N–H and O–H groups in total. The smallest absolute Gasteiger partial charge is 0.0701 e. The molecule has 0 aromatic carbocycles. The molecule has 98 valence electrons. The summed E-state index contributed by atoms with van der Waals surface area (Å²) in [7, 11) is 0. The molecule has 2 aromatic rings. The Hall–Kier alpha value is 0.130. The quantitative estimate of drug-likeness (QED) is 0.712. The van der Waals surface area contributed by atoms with E-state index in [9.17, 15) is 0 Å². The molecule has 18 heavy (non-hydrogen) atoms. The Labute approximate surface area is 129 Å². The average molecular weight is 365 g/mol. The summed E-state index contributed by atoms with van der Waals surface area (Å²) in [4.78, 5) is 2.62.